The summed E-state index contributed by atoms with van der Waals surface area (Å²) in [6.07, 6.45) is 2.26. The van der Waals surface area contributed by atoms with E-state index >= 15 is 0 Å². The number of carboxylic acid groups (broad SMARTS) is 1. The van der Waals surface area contributed by atoms with Crippen LogP contribution in [0, 0.1) is 0 Å². The molecular weight excluding hydrogens is 432 g/mol. The Morgan fingerprint density at radius 2 is 1.53 bits per heavy atom. The molecule has 0 aliphatic heterocycles. The van der Waals surface area contributed by atoms with Crippen LogP contribution in [-0.4, -0.2) is 35.7 Å². The Bertz CT molecular complexity index is 1200. The van der Waals surface area contributed by atoms with E-state index in [-0.39, 0.29) is 12.5 Å². The van der Waals surface area contributed by atoms with E-state index in [0.29, 0.717) is 5.69 Å². The normalized spacial score (nSPS) is 13.1. The first-order chi connectivity index (χ1) is 16.4. The number of benzene rings is 3. The van der Waals surface area contributed by atoms with E-state index in [1.165, 1.54) is 24.1 Å². The van der Waals surface area contributed by atoms with Crippen molar-refractivity contribution in [1.82, 2.24) is 5.32 Å². The van der Waals surface area contributed by atoms with E-state index in [4.69, 9.17) is 9.84 Å². The molecule has 3 aromatic rings. The van der Waals surface area contributed by atoms with Crippen molar-refractivity contribution >= 4 is 29.7 Å². The highest BCUT2D eigenvalue weighted by Crippen LogP contribution is 2.44. The minimum absolute atomic E-state index is 0.0133. The van der Waals surface area contributed by atoms with Crippen molar-refractivity contribution < 1.29 is 24.2 Å². The third-order valence-corrected chi connectivity index (χ3v) is 5.66. The molecule has 2 amide bonds. The summed E-state index contributed by atoms with van der Waals surface area (Å²) in [5, 5.41) is 13.9. The number of carboxylic acids is 1. The van der Waals surface area contributed by atoms with Gasteiger partial charge in [-0.3, -0.25) is 14.9 Å². The molecule has 0 saturated heterocycles. The Morgan fingerprint density at radius 3 is 2.12 bits per heavy atom. The van der Waals surface area contributed by atoms with Gasteiger partial charge in [0.2, 0.25) is 5.91 Å². The van der Waals surface area contributed by atoms with Crippen molar-refractivity contribution in [3.05, 3.63) is 95.6 Å². The van der Waals surface area contributed by atoms with E-state index in [1.807, 2.05) is 24.3 Å². The molecule has 7 nitrogen and oxygen atoms in total. The second-order valence-corrected chi connectivity index (χ2v) is 7.97. The van der Waals surface area contributed by atoms with Crippen LogP contribution in [0.2, 0.25) is 0 Å². The van der Waals surface area contributed by atoms with Crippen LogP contribution >= 0.6 is 0 Å². The molecule has 0 spiro atoms. The van der Waals surface area contributed by atoms with Gasteiger partial charge < -0.3 is 15.2 Å². The van der Waals surface area contributed by atoms with E-state index in [0.717, 1.165) is 16.7 Å². The second-order valence-electron chi connectivity index (χ2n) is 7.97. The van der Waals surface area contributed by atoms with Crippen LogP contribution in [0.3, 0.4) is 0 Å². The molecule has 0 saturated carbocycles. The number of rotatable bonds is 7. The quantitative estimate of drug-likeness (QED) is 0.449. The zero-order valence-electron chi connectivity index (χ0n) is 18.5. The van der Waals surface area contributed by atoms with E-state index < -0.39 is 24.0 Å². The van der Waals surface area contributed by atoms with E-state index in [9.17, 15) is 14.4 Å². The molecule has 0 radical (unpaired) electrons. The predicted molar refractivity (Wildman–Crippen MR) is 129 cm³/mol. The van der Waals surface area contributed by atoms with Crippen LogP contribution in [0.4, 0.5) is 10.5 Å². The first-order valence-electron chi connectivity index (χ1n) is 10.9. The van der Waals surface area contributed by atoms with Gasteiger partial charge in [0.15, 0.2) is 0 Å². The fourth-order valence-corrected chi connectivity index (χ4v) is 3.93. The lowest BCUT2D eigenvalue weighted by molar-refractivity contribution is -0.140. The topological polar surface area (TPSA) is 105 Å². The number of carbonyl (C=O) groups excluding carboxylic acids is 2. The number of aliphatic carboxylic acids is 1. The number of anilines is 1. The Morgan fingerprint density at radius 1 is 0.941 bits per heavy atom. The molecule has 1 aliphatic carbocycles. The van der Waals surface area contributed by atoms with E-state index in [2.05, 4.69) is 34.9 Å². The highest BCUT2D eigenvalue weighted by molar-refractivity contribution is 5.94. The first-order valence-corrected chi connectivity index (χ1v) is 10.9. The number of hydrogen-bond donors (Lipinski definition) is 3. The maximum absolute atomic E-state index is 12.4. The van der Waals surface area contributed by atoms with Gasteiger partial charge >= 0.3 is 12.1 Å². The molecular formula is C27H24N2O5. The minimum Gasteiger partial charge on any atom is -0.480 e. The lowest BCUT2D eigenvalue weighted by atomic mass is 9.98. The van der Waals surface area contributed by atoms with Gasteiger partial charge in [-0.15, -0.1) is 0 Å². The summed E-state index contributed by atoms with van der Waals surface area (Å²) < 4.78 is 5.54. The summed E-state index contributed by atoms with van der Waals surface area (Å²) in [5.74, 6) is -1.62. The number of fused-ring (bicyclic) bond motifs is 3. The molecule has 4 rings (SSSR count). The molecule has 0 fully saturated rings. The predicted octanol–water partition coefficient (Wildman–Crippen LogP) is 4.65. The fourth-order valence-electron chi connectivity index (χ4n) is 3.93. The van der Waals surface area contributed by atoms with Crippen molar-refractivity contribution in [3.8, 4) is 11.1 Å². The maximum atomic E-state index is 12.4. The summed E-state index contributed by atoms with van der Waals surface area (Å²) in [6, 6.07) is 22.2. The van der Waals surface area contributed by atoms with Crippen LogP contribution in [0.25, 0.3) is 17.2 Å². The summed E-state index contributed by atoms with van der Waals surface area (Å²) in [7, 11) is 0. The number of amides is 2. The van der Waals surface area contributed by atoms with Crippen LogP contribution < -0.4 is 10.6 Å². The Labute approximate surface area is 197 Å². The highest BCUT2D eigenvalue weighted by atomic mass is 16.5. The number of hydrogen-bond acceptors (Lipinski definition) is 4. The monoisotopic (exact) mass is 456 g/mol. The van der Waals surface area contributed by atoms with Crippen LogP contribution in [0.1, 0.15) is 29.5 Å². The molecule has 1 atom stereocenters. The average Bonchev–Trinajstić information content (AvgIpc) is 3.16. The largest absolute Gasteiger partial charge is 0.480 e. The highest BCUT2D eigenvalue weighted by Gasteiger charge is 2.29. The summed E-state index contributed by atoms with van der Waals surface area (Å²) in [6.45, 7) is 1.61. The first kappa shape index (κ1) is 22.8. The average molecular weight is 456 g/mol. The Balaban J connectivity index is 1.32. The van der Waals surface area contributed by atoms with Crippen molar-refractivity contribution in [2.75, 3.05) is 11.9 Å². The molecule has 0 aromatic heterocycles. The van der Waals surface area contributed by atoms with Crippen molar-refractivity contribution in [3.63, 3.8) is 0 Å². The summed E-state index contributed by atoms with van der Waals surface area (Å²) in [4.78, 5) is 34.9. The second kappa shape index (κ2) is 10.0. The molecule has 0 heterocycles. The third-order valence-electron chi connectivity index (χ3n) is 5.66. The lowest BCUT2D eigenvalue weighted by Crippen LogP contribution is -2.37. The molecule has 7 heteroatoms. The number of ether oxygens (including phenoxy) is 1. The van der Waals surface area contributed by atoms with Crippen molar-refractivity contribution in [2.24, 2.45) is 0 Å². The zero-order chi connectivity index (χ0) is 24.1. The van der Waals surface area contributed by atoms with Gasteiger partial charge in [0.1, 0.15) is 12.6 Å². The van der Waals surface area contributed by atoms with Gasteiger partial charge in [-0.2, -0.15) is 0 Å². The molecule has 172 valence electrons. The van der Waals surface area contributed by atoms with Gasteiger partial charge in [0.25, 0.3) is 0 Å². The van der Waals surface area contributed by atoms with Crippen LogP contribution in [0.15, 0.2) is 78.9 Å². The van der Waals surface area contributed by atoms with E-state index in [1.54, 1.807) is 30.3 Å². The summed E-state index contributed by atoms with van der Waals surface area (Å²) in [5.41, 5.74) is 5.90. The maximum Gasteiger partial charge on any atom is 0.411 e. The van der Waals surface area contributed by atoms with Crippen LogP contribution in [-0.2, 0) is 14.3 Å². The third kappa shape index (κ3) is 5.15. The fraction of sp³-hybridized carbons (Fsp3) is 0.148. The lowest BCUT2D eigenvalue weighted by Gasteiger charge is -2.14. The van der Waals surface area contributed by atoms with Gasteiger partial charge in [-0.1, -0.05) is 60.7 Å². The molecule has 3 aromatic carbocycles. The smallest absolute Gasteiger partial charge is 0.411 e. The van der Waals surface area contributed by atoms with Gasteiger partial charge in [0.05, 0.1) is 0 Å². The molecule has 34 heavy (non-hydrogen) atoms. The van der Waals surface area contributed by atoms with Gasteiger partial charge in [-0.05, 0) is 52.9 Å². The Kier molecular flexibility index (Phi) is 6.73. The molecule has 0 bridgehead atoms. The van der Waals surface area contributed by atoms with Crippen molar-refractivity contribution in [1.29, 1.82) is 0 Å². The molecule has 0 unspecified atom stereocenters. The molecule has 3 N–H and O–H groups in total. The standard InChI is InChI=1S/C27H24N2O5/c1-17(26(31)32)28-25(30)15-12-18-10-13-19(14-11-18)29-27(33)34-16-24-22-8-4-2-6-20(22)21-7-3-5-9-23(21)24/h2-15,17,24H,16H2,1H3,(H,28,30)(H,29,33)(H,31,32)/b15-12+/t17-/m0/s1. The number of carbonyl (C=O) groups is 3. The van der Waals surface area contributed by atoms with Crippen molar-refractivity contribution in [2.45, 2.75) is 18.9 Å². The SMILES string of the molecule is C[C@H](NC(=O)/C=C/c1ccc(NC(=O)OCC2c3ccccc3-c3ccccc32)cc1)C(=O)O. The Hall–Kier alpha value is -4.39. The minimum atomic E-state index is -1.11. The molecule has 1 aliphatic rings. The van der Waals surface area contributed by atoms with Gasteiger partial charge in [-0.25, -0.2) is 4.79 Å². The van der Waals surface area contributed by atoms with Crippen LogP contribution in [0.5, 0.6) is 0 Å². The summed E-state index contributed by atoms with van der Waals surface area (Å²) >= 11 is 0. The number of nitrogens with one attached hydrogen (secondary N) is 2. The van der Waals surface area contributed by atoms with Gasteiger partial charge in [0, 0.05) is 17.7 Å². The zero-order valence-corrected chi connectivity index (χ0v) is 18.5.